The summed E-state index contributed by atoms with van der Waals surface area (Å²) in [6.07, 6.45) is 10.0. The first-order chi connectivity index (χ1) is 27.6. The van der Waals surface area contributed by atoms with Crippen LogP contribution in [0.25, 0.3) is 0 Å². The lowest BCUT2D eigenvalue weighted by molar-refractivity contribution is 0.0538. The Morgan fingerprint density at radius 3 is 1.78 bits per heavy atom. The van der Waals surface area contributed by atoms with Crippen molar-refractivity contribution in [2.45, 2.75) is 72.5 Å². The SMILES string of the molecule is CN(CC1CCOCC1)C[C@H]1C[C@@H](NS(=O)(=O)c2cc(Br)ccc2Br)CN1C#N.COCC1CCN(C[C@H]2C[C@@H](NS(=O)(=O)c3cc(Br)ccc3Br)CN2C#N)CC1. The second-order valence-corrected chi connectivity index (χ2v) is 22.5. The van der Waals surface area contributed by atoms with Gasteiger partial charge >= 0.3 is 0 Å². The minimum absolute atomic E-state index is 0.00323. The lowest BCUT2D eigenvalue weighted by Gasteiger charge is -2.34. The van der Waals surface area contributed by atoms with Gasteiger partial charge < -0.3 is 29.1 Å². The molecule has 0 spiro atoms. The highest BCUT2D eigenvalue weighted by molar-refractivity contribution is 9.11. The summed E-state index contributed by atoms with van der Waals surface area (Å²) in [5.41, 5.74) is 0. The Hall–Kier alpha value is -1.40. The van der Waals surface area contributed by atoms with Crippen LogP contribution in [-0.4, -0.2) is 140 Å². The maximum Gasteiger partial charge on any atom is 0.242 e. The van der Waals surface area contributed by atoms with Gasteiger partial charge in [0, 0.05) is 89.6 Å². The Labute approximate surface area is 377 Å². The number of sulfonamides is 2. The van der Waals surface area contributed by atoms with Crippen LogP contribution in [-0.2, 0) is 29.5 Å². The number of nitriles is 2. The van der Waals surface area contributed by atoms with Crippen molar-refractivity contribution in [3.63, 3.8) is 0 Å². The fourth-order valence-corrected chi connectivity index (χ4v) is 13.7. The predicted molar refractivity (Wildman–Crippen MR) is 235 cm³/mol. The number of rotatable bonds is 14. The molecule has 4 heterocycles. The van der Waals surface area contributed by atoms with E-state index in [0.717, 1.165) is 78.2 Å². The third kappa shape index (κ3) is 13.5. The molecule has 4 saturated heterocycles. The third-order valence-corrected chi connectivity index (χ3v) is 17.1. The molecule has 2 aromatic carbocycles. The first-order valence-electron chi connectivity index (χ1n) is 19.4. The quantitative estimate of drug-likeness (QED) is 0.227. The minimum Gasteiger partial charge on any atom is -0.384 e. The zero-order chi connectivity index (χ0) is 42.0. The summed E-state index contributed by atoms with van der Waals surface area (Å²) >= 11 is 13.3. The predicted octanol–water partition coefficient (Wildman–Crippen LogP) is 5.54. The number of likely N-dealkylation sites (tertiary alicyclic amines) is 3. The molecule has 0 amide bonds. The molecule has 58 heavy (non-hydrogen) atoms. The van der Waals surface area contributed by atoms with Gasteiger partial charge in [-0.3, -0.25) is 0 Å². The Balaban J connectivity index is 0.000000221. The number of benzene rings is 2. The molecule has 4 aliphatic heterocycles. The summed E-state index contributed by atoms with van der Waals surface area (Å²) in [5, 5.41) is 19.1. The summed E-state index contributed by atoms with van der Waals surface area (Å²) in [6.45, 7) is 7.70. The average molecular weight is 1100 g/mol. The Morgan fingerprint density at radius 1 is 0.776 bits per heavy atom. The molecule has 0 radical (unpaired) electrons. The molecule has 4 atom stereocenters. The largest absolute Gasteiger partial charge is 0.384 e. The van der Waals surface area contributed by atoms with Gasteiger partial charge in [-0.1, -0.05) is 31.9 Å². The molecular formula is C38H52Br4N8O6S2. The van der Waals surface area contributed by atoms with Crippen LogP contribution in [0.15, 0.2) is 64.1 Å². The highest BCUT2D eigenvalue weighted by Crippen LogP contribution is 2.30. The van der Waals surface area contributed by atoms with E-state index < -0.39 is 20.0 Å². The average Bonchev–Trinajstić information content (AvgIpc) is 3.75. The standard InChI is InChI=1S/2C19H26Br2N4O3S/c1-28-12-14-4-6-24(7-5-14)11-17-9-16(10-25(17)13-22)23-29(26,27)19-8-15(20)2-3-18(19)21;1-24(10-14-4-6-28-7-5-14)12-17-9-16(11-25(17)13-22)23-29(26,27)19-8-15(20)2-3-18(19)21/h2*2-3,8,14,16-17,23H,4-7,9-12H2,1H3/t2*16-,17-/m11/s1. The third-order valence-electron chi connectivity index (χ3n) is 11.1. The maximum absolute atomic E-state index is 12.9. The smallest absolute Gasteiger partial charge is 0.242 e. The van der Waals surface area contributed by atoms with E-state index in [0.29, 0.717) is 55.7 Å². The number of nitrogens with zero attached hydrogens (tertiary/aromatic N) is 6. The second-order valence-electron chi connectivity index (χ2n) is 15.5. The van der Waals surface area contributed by atoms with E-state index in [1.807, 2.05) is 0 Å². The highest BCUT2D eigenvalue weighted by atomic mass is 79.9. The van der Waals surface area contributed by atoms with Crippen molar-refractivity contribution in [3.8, 4) is 12.4 Å². The molecule has 0 bridgehead atoms. The molecule has 14 nitrogen and oxygen atoms in total. The number of likely N-dealkylation sites (N-methyl/N-ethyl adjacent to an activating group) is 1. The Morgan fingerprint density at radius 2 is 1.28 bits per heavy atom. The molecule has 4 aliphatic rings. The van der Waals surface area contributed by atoms with Gasteiger partial charge in [-0.2, -0.15) is 10.5 Å². The molecule has 6 rings (SSSR count). The molecule has 2 aromatic rings. The molecule has 0 aromatic heterocycles. The fraction of sp³-hybridized carbons (Fsp3) is 0.632. The van der Waals surface area contributed by atoms with Crippen LogP contribution in [0.2, 0.25) is 0 Å². The highest BCUT2D eigenvalue weighted by Gasteiger charge is 2.37. The first kappa shape index (κ1) is 47.6. The normalized spacial score (nSPS) is 23.7. The molecule has 20 heteroatoms. The topological polar surface area (TPSA) is 171 Å². The van der Waals surface area contributed by atoms with Crippen molar-refractivity contribution in [2.75, 3.05) is 79.8 Å². The maximum atomic E-state index is 12.9. The van der Waals surface area contributed by atoms with Crippen LogP contribution in [0.3, 0.4) is 0 Å². The van der Waals surface area contributed by atoms with Gasteiger partial charge in [-0.25, -0.2) is 26.3 Å². The lowest BCUT2D eigenvalue weighted by atomic mass is 9.97. The van der Waals surface area contributed by atoms with Gasteiger partial charge in [0.15, 0.2) is 12.4 Å². The number of halogens is 4. The van der Waals surface area contributed by atoms with Crippen molar-refractivity contribution >= 4 is 83.8 Å². The van der Waals surface area contributed by atoms with Crippen LogP contribution in [0, 0.1) is 34.7 Å². The Bertz CT molecular complexity index is 1990. The van der Waals surface area contributed by atoms with E-state index >= 15 is 0 Å². The van der Waals surface area contributed by atoms with Crippen molar-refractivity contribution < 1.29 is 26.3 Å². The first-order valence-corrected chi connectivity index (χ1v) is 25.5. The zero-order valence-electron chi connectivity index (χ0n) is 32.7. The second kappa shape index (κ2) is 22.1. The molecule has 0 unspecified atom stereocenters. The summed E-state index contributed by atoms with van der Waals surface area (Å²) in [7, 11) is -3.57. The molecule has 0 aliphatic carbocycles. The summed E-state index contributed by atoms with van der Waals surface area (Å²) in [4.78, 5) is 8.43. The van der Waals surface area contributed by atoms with E-state index in [1.165, 1.54) is 0 Å². The number of hydrogen-bond acceptors (Lipinski definition) is 12. The van der Waals surface area contributed by atoms with Crippen LogP contribution < -0.4 is 9.44 Å². The van der Waals surface area contributed by atoms with Gasteiger partial charge in [0.2, 0.25) is 20.0 Å². The summed E-state index contributed by atoms with van der Waals surface area (Å²) < 4.78 is 70.1. The molecule has 4 fully saturated rings. The van der Waals surface area contributed by atoms with Crippen molar-refractivity contribution in [1.82, 2.24) is 29.0 Å². The summed E-state index contributed by atoms with van der Waals surface area (Å²) in [6, 6.07) is 9.54. The van der Waals surface area contributed by atoms with Gasteiger partial charge in [-0.15, -0.1) is 0 Å². The Kier molecular flexibility index (Phi) is 18.2. The van der Waals surface area contributed by atoms with E-state index in [1.54, 1.807) is 53.3 Å². The monoisotopic (exact) mass is 1100 g/mol. The number of hydrogen-bond donors (Lipinski definition) is 2. The van der Waals surface area contributed by atoms with Crippen molar-refractivity contribution in [2.24, 2.45) is 11.8 Å². The zero-order valence-corrected chi connectivity index (χ0v) is 40.7. The minimum atomic E-state index is -3.69. The van der Waals surface area contributed by atoms with E-state index in [4.69, 9.17) is 9.47 Å². The van der Waals surface area contributed by atoms with Crippen molar-refractivity contribution in [1.29, 1.82) is 10.5 Å². The van der Waals surface area contributed by atoms with Crippen molar-refractivity contribution in [3.05, 3.63) is 54.3 Å². The van der Waals surface area contributed by atoms with Gasteiger partial charge in [-0.05, 0) is 139 Å². The molecule has 320 valence electrons. The molecular weight excluding hydrogens is 1050 g/mol. The summed E-state index contributed by atoms with van der Waals surface area (Å²) in [5.74, 6) is 1.23. The number of nitrogens with one attached hydrogen (secondary N) is 2. The van der Waals surface area contributed by atoms with Gasteiger partial charge in [0.05, 0.1) is 21.9 Å². The number of piperidine rings is 1. The van der Waals surface area contributed by atoms with Gasteiger partial charge in [0.25, 0.3) is 0 Å². The van der Waals surface area contributed by atoms with Crippen LogP contribution >= 0.6 is 63.7 Å². The van der Waals surface area contributed by atoms with E-state index in [-0.39, 0.29) is 34.0 Å². The fourth-order valence-electron chi connectivity index (χ4n) is 8.20. The number of ether oxygens (including phenoxy) is 2. The number of methoxy groups -OCH3 is 1. The van der Waals surface area contributed by atoms with E-state index in [2.05, 4.69) is 102 Å². The van der Waals surface area contributed by atoms with Crippen LogP contribution in [0.1, 0.15) is 38.5 Å². The molecule has 2 N–H and O–H groups in total. The molecule has 0 saturated carbocycles. The van der Waals surface area contributed by atoms with Gasteiger partial charge in [0.1, 0.15) is 0 Å². The van der Waals surface area contributed by atoms with Crippen LogP contribution in [0.4, 0.5) is 0 Å². The van der Waals surface area contributed by atoms with Crippen LogP contribution in [0.5, 0.6) is 0 Å². The lowest BCUT2D eigenvalue weighted by Crippen LogP contribution is -2.42. The van der Waals surface area contributed by atoms with E-state index in [9.17, 15) is 27.4 Å².